The van der Waals surface area contributed by atoms with Crippen LogP contribution in [-0.2, 0) is 14.3 Å². The maximum atomic E-state index is 13.2. The second-order valence-corrected chi connectivity index (χ2v) is 8.10. The number of hydrogen-bond acceptors (Lipinski definition) is 6. The first-order valence-electron chi connectivity index (χ1n) is 10.6. The number of likely N-dealkylation sites (tertiary alicyclic amines) is 1. The predicted molar refractivity (Wildman–Crippen MR) is 102 cm³/mol. The van der Waals surface area contributed by atoms with Crippen molar-refractivity contribution in [1.29, 1.82) is 5.26 Å². The average Bonchev–Trinajstić information content (AvgIpc) is 3.16. The van der Waals surface area contributed by atoms with Crippen molar-refractivity contribution in [3.63, 3.8) is 0 Å². The average molecular weight is 393 g/mol. The van der Waals surface area contributed by atoms with Gasteiger partial charge in [-0.05, 0) is 25.8 Å². The molecule has 28 heavy (non-hydrogen) atoms. The molecule has 0 aromatic carbocycles. The fourth-order valence-corrected chi connectivity index (χ4v) is 4.42. The van der Waals surface area contributed by atoms with Crippen molar-refractivity contribution in [2.24, 2.45) is 5.92 Å². The van der Waals surface area contributed by atoms with Gasteiger partial charge in [0.05, 0.1) is 19.3 Å². The highest BCUT2D eigenvalue weighted by Crippen LogP contribution is 2.30. The minimum absolute atomic E-state index is 0.0122. The Kier molecular flexibility index (Phi) is 7.13. The minimum Gasteiger partial charge on any atom is -0.436 e. The molecule has 8 heteroatoms. The molecule has 1 aliphatic carbocycles. The summed E-state index contributed by atoms with van der Waals surface area (Å²) in [5, 5.41) is 12.7. The van der Waals surface area contributed by atoms with Crippen LogP contribution in [0.4, 0.5) is 4.79 Å². The third kappa shape index (κ3) is 4.95. The molecule has 1 saturated carbocycles. The molecule has 1 N–H and O–H groups in total. The molecule has 2 heterocycles. The largest absolute Gasteiger partial charge is 0.436 e. The quantitative estimate of drug-likeness (QED) is 0.762. The Labute approximate surface area is 167 Å². The van der Waals surface area contributed by atoms with Gasteiger partial charge in [0, 0.05) is 32.1 Å². The van der Waals surface area contributed by atoms with Crippen LogP contribution in [0.2, 0.25) is 0 Å². The zero-order chi connectivity index (χ0) is 20.0. The van der Waals surface area contributed by atoms with E-state index in [0.717, 1.165) is 45.2 Å². The van der Waals surface area contributed by atoms with Crippen LogP contribution < -0.4 is 5.32 Å². The summed E-state index contributed by atoms with van der Waals surface area (Å²) in [5.41, 5.74) is -0.897. The van der Waals surface area contributed by atoms with Crippen LogP contribution in [0.25, 0.3) is 0 Å². The maximum absolute atomic E-state index is 13.2. The number of rotatable bonds is 5. The molecule has 3 rings (SSSR count). The van der Waals surface area contributed by atoms with Crippen molar-refractivity contribution in [2.75, 3.05) is 45.9 Å². The minimum atomic E-state index is -0.897. The summed E-state index contributed by atoms with van der Waals surface area (Å²) in [6.45, 7) is 6.12. The molecule has 8 nitrogen and oxygen atoms in total. The van der Waals surface area contributed by atoms with Crippen molar-refractivity contribution in [3.8, 4) is 6.07 Å². The highest BCUT2D eigenvalue weighted by Gasteiger charge is 2.43. The van der Waals surface area contributed by atoms with Crippen LogP contribution in [0.15, 0.2) is 0 Å². The molecule has 2 aliphatic heterocycles. The normalized spacial score (nSPS) is 27.8. The Morgan fingerprint density at radius 1 is 1.25 bits per heavy atom. The molecular formula is C20H32N4O4. The first-order chi connectivity index (χ1) is 13.6. The smallest absolute Gasteiger partial charge is 0.410 e. The first kappa shape index (κ1) is 20.9. The van der Waals surface area contributed by atoms with E-state index >= 15 is 0 Å². The van der Waals surface area contributed by atoms with E-state index < -0.39 is 17.7 Å². The van der Waals surface area contributed by atoms with Gasteiger partial charge in [0.2, 0.25) is 0 Å². The number of carbonyl (C=O) groups is 2. The number of ether oxygens (including phenoxy) is 2. The molecule has 2 unspecified atom stereocenters. The van der Waals surface area contributed by atoms with Crippen molar-refractivity contribution < 1.29 is 19.1 Å². The van der Waals surface area contributed by atoms with Gasteiger partial charge in [-0.15, -0.1) is 0 Å². The highest BCUT2D eigenvalue weighted by atomic mass is 16.6. The zero-order valence-electron chi connectivity index (χ0n) is 16.8. The summed E-state index contributed by atoms with van der Waals surface area (Å²) in [4.78, 5) is 29.6. The molecule has 0 aromatic heterocycles. The number of carbonyl (C=O) groups excluding carboxylic acids is 2. The predicted octanol–water partition coefficient (Wildman–Crippen LogP) is 1.51. The Morgan fingerprint density at radius 3 is 2.57 bits per heavy atom. The second kappa shape index (κ2) is 9.57. The number of likely N-dealkylation sites (N-methyl/N-ethyl adjacent to an activating group) is 1. The van der Waals surface area contributed by atoms with Gasteiger partial charge in [0.1, 0.15) is 5.54 Å². The van der Waals surface area contributed by atoms with E-state index in [2.05, 4.69) is 16.3 Å². The molecule has 0 radical (unpaired) electrons. The van der Waals surface area contributed by atoms with Gasteiger partial charge < -0.3 is 24.6 Å². The number of hydrogen-bond donors (Lipinski definition) is 1. The number of morpholine rings is 1. The Bertz CT molecular complexity index is 596. The van der Waals surface area contributed by atoms with Crippen LogP contribution in [0.3, 0.4) is 0 Å². The third-order valence-corrected chi connectivity index (χ3v) is 6.21. The Hall–Kier alpha value is -1.85. The van der Waals surface area contributed by atoms with Crippen molar-refractivity contribution in [3.05, 3.63) is 0 Å². The van der Waals surface area contributed by atoms with Crippen molar-refractivity contribution in [2.45, 2.75) is 57.1 Å². The summed E-state index contributed by atoms with van der Waals surface area (Å²) in [6.07, 6.45) is 4.27. The Balaban J connectivity index is 1.69. The lowest BCUT2D eigenvalue weighted by Crippen LogP contribution is -2.55. The van der Waals surface area contributed by atoms with E-state index in [-0.39, 0.29) is 11.8 Å². The lowest BCUT2D eigenvalue weighted by atomic mass is 9.84. The lowest BCUT2D eigenvalue weighted by molar-refractivity contribution is -0.135. The van der Waals surface area contributed by atoms with Crippen LogP contribution in [0.1, 0.15) is 45.4 Å². The number of nitriles is 1. The number of nitrogens with zero attached hydrogens (tertiary/aromatic N) is 3. The summed E-state index contributed by atoms with van der Waals surface area (Å²) < 4.78 is 11.0. The van der Waals surface area contributed by atoms with Gasteiger partial charge in [0.15, 0.2) is 6.10 Å². The molecular weight excluding hydrogens is 360 g/mol. The summed E-state index contributed by atoms with van der Waals surface area (Å²) in [7, 11) is 0. The molecule has 0 bridgehead atoms. The topological polar surface area (TPSA) is 94.9 Å². The first-order valence-corrected chi connectivity index (χ1v) is 10.6. The van der Waals surface area contributed by atoms with Gasteiger partial charge in [-0.3, -0.25) is 4.79 Å². The summed E-state index contributed by atoms with van der Waals surface area (Å²) >= 11 is 0. The third-order valence-electron chi connectivity index (χ3n) is 6.21. The van der Waals surface area contributed by atoms with E-state index in [0.29, 0.717) is 39.3 Å². The lowest BCUT2D eigenvalue weighted by Gasteiger charge is -2.34. The van der Waals surface area contributed by atoms with E-state index in [4.69, 9.17) is 9.47 Å². The van der Waals surface area contributed by atoms with Gasteiger partial charge in [-0.25, -0.2) is 4.79 Å². The number of amides is 2. The molecule has 2 atom stereocenters. The number of nitrogens with one attached hydrogen (secondary N) is 1. The van der Waals surface area contributed by atoms with Gasteiger partial charge >= 0.3 is 6.09 Å². The van der Waals surface area contributed by atoms with Gasteiger partial charge in [0.25, 0.3) is 5.91 Å². The fraction of sp³-hybridized carbons (Fsp3) is 0.850. The molecule has 2 amide bonds. The van der Waals surface area contributed by atoms with Crippen molar-refractivity contribution in [1.82, 2.24) is 15.1 Å². The molecule has 0 spiro atoms. The molecule has 3 fully saturated rings. The van der Waals surface area contributed by atoms with E-state index in [9.17, 15) is 14.9 Å². The van der Waals surface area contributed by atoms with Crippen LogP contribution >= 0.6 is 0 Å². The van der Waals surface area contributed by atoms with E-state index in [1.54, 1.807) is 4.90 Å². The second-order valence-electron chi connectivity index (χ2n) is 8.10. The summed E-state index contributed by atoms with van der Waals surface area (Å²) in [6, 6.07) is 2.31. The molecule has 0 aromatic rings. The highest BCUT2D eigenvalue weighted by molar-refractivity contribution is 5.85. The molecule has 156 valence electrons. The van der Waals surface area contributed by atoms with Gasteiger partial charge in [-0.2, -0.15) is 5.26 Å². The van der Waals surface area contributed by atoms with Crippen LogP contribution in [-0.4, -0.2) is 79.4 Å². The van der Waals surface area contributed by atoms with E-state index in [1.807, 2.05) is 6.92 Å². The molecule has 3 aliphatic rings. The monoisotopic (exact) mass is 392 g/mol. The summed E-state index contributed by atoms with van der Waals surface area (Å²) in [5.74, 6) is -0.314. The fourth-order valence-electron chi connectivity index (χ4n) is 4.42. The van der Waals surface area contributed by atoms with Gasteiger partial charge in [-0.1, -0.05) is 26.2 Å². The molecule has 2 saturated heterocycles. The van der Waals surface area contributed by atoms with E-state index in [1.165, 1.54) is 0 Å². The Morgan fingerprint density at radius 2 is 1.96 bits per heavy atom. The van der Waals surface area contributed by atoms with Crippen LogP contribution in [0.5, 0.6) is 0 Å². The van der Waals surface area contributed by atoms with Crippen molar-refractivity contribution >= 4 is 12.0 Å². The van der Waals surface area contributed by atoms with Crippen LogP contribution in [0, 0.1) is 17.2 Å². The standard InChI is InChI=1S/C20H32N4O4/c1-2-23-9-8-20(14-21,15-23)22-18(25)17(16-6-4-3-5-7-16)28-19(26)24-10-12-27-13-11-24/h16-17H,2-13,15H2,1H3,(H,22,25). The zero-order valence-corrected chi connectivity index (χ0v) is 16.8. The SMILES string of the molecule is CCN1CCC(C#N)(NC(=O)C(OC(=O)N2CCOCC2)C2CCCCC2)C1. The maximum Gasteiger partial charge on any atom is 0.410 e.